The van der Waals surface area contributed by atoms with Crippen LogP contribution in [0.2, 0.25) is 0 Å². The van der Waals surface area contributed by atoms with E-state index >= 15 is 0 Å². The molecular formula is C21H23BrN2O4S. The summed E-state index contributed by atoms with van der Waals surface area (Å²) >= 11 is 3.30. The van der Waals surface area contributed by atoms with Gasteiger partial charge in [-0.2, -0.15) is 0 Å². The molecule has 1 amide bonds. The number of rotatable bonds is 7. The number of ether oxygens (including phenoxy) is 1. The number of hydrogen-bond donors (Lipinski definition) is 2. The first kappa shape index (κ1) is 20.4. The minimum Gasteiger partial charge on any atom is -0.376 e. The SMILES string of the molecule is O=C(NC[C@@H]1CCCO1)C1(c2ccc(NS(=O)(=O)c3ccc(Br)cc3)cc2)CC1. The number of nitrogens with one attached hydrogen (secondary N) is 2. The van der Waals surface area contributed by atoms with Crippen LogP contribution in [0.3, 0.4) is 0 Å². The molecule has 0 bridgehead atoms. The number of benzene rings is 2. The van der Waals surface area contributed by atoms with Crippen molar-refractivity contribution in [1.29, 1.82) is 0 Å². The van der Waals surface area contributed by atoms with Crippen LogP contribution < -0.4 is 10.0 Å². The molecule has 0 radical (unpaired) electrons. The first-order valence-corrected chi connectivity index (χ1v) is 12.0. The predicted octanol–water partition coefficient (Wildman–Crippen LogP) is 3.58. The zero-order chi connectivity index (χ0) is 20.5. The number of amides is 1. The average Bonchev–Trinajstić information content (AvgIpc) is 3.35. The van der Waals surface area contributed by atoms with E-state index in [9.17, 15) is 13.2 Å². The highest BCUT2D eigenvalue weighted by molar-refractivity contribution is 9.10. The molecule has 2 N–H and O–H groups in total. The van der Waals surface area contributed by atoms with Crippen LogP contribution in [-0.2, 0) is 25.0 Å². The maximum Gasteiger partial charge on any atom is 0.261 e. The Morgan fingerprint density at radius 3 is 2.38 bits per heavy atom. The van der Waals surface area contributed by atoms with Crippen molar-refractivity contribution < 1.29 is 17.9 Å². The van der Waals surface area contributed by atoms with Crippen molar-refractivity contribution >= 4 is 37.5 Å². The lowest BCUT2D eigenvalue weighted by Crippen LogP contribution is -2.39. The molecule has 2 aromatic carbocycles. The molecule has 8 heteroatoms. The molecular weight excluding hydrogens is 456 g/mol. The van der Waals surface area contributed by atoms with Crippen LogP contribution in [0.5, 0.6) is 0 Å². The smallest absolute Gasteiger partial charge is 0.261 e. The molecule has 0 spiro atoms. The monoisotopic (exact) mass is 478 g/mol. The molecule has 1 heterocycles. The molecule has 6 nitrogen and oxygen atoms in total. The second-order valence-corrected chi connectivity index (χ2v) is 10.2. The zero-order valence-electron chi connectivity index (χ0n) is 15.9. The molecule has 1 atom stereocenters. The summed E-state index contributed by atoms with van der Waals surface area (Å²) in [5, 5.41) is 3.03. The van der Waals surface area contributed by atoms with Gasteiger partial charge in [0.2, 0.25) is 5.91 Å². The van der Waals surface area contributed by atoms with Crippen molar-refractivity contribution in [2.24, 2.45) is 0 Å². The van der Waals surface area contributed by atoms with Crippen LogP contribution in [0.1, 0.15) is 31.2 Å². The summed E-state index contributed by atoms with van der Waals surface area (Å²) < 4.78 is 34.0. The van der Waals surface area contributed by atoms with Crippen LogP contribution in [-0.4, -0.2) is 33.6 Å². The number of carbonyl (C=O) groups is 1. The van der Waals surface area contributed by atoms with Gasteiger partial charge in [0.05, 0.1) is 16.4 Å². The van der Waals surface area contributed by atoms with Crippen LogP contribution in [0, 0.1) is 0 Å². The summed E-state index contributed by atoms with van der Waals surface area (Å²) in [7, 11) is -3.66. The lowest BCUT2D eigenvalue weighted by molar-refractivity contribution is -0.124. The third-order valence-electron chi connectivity index (χ3n) is 5.51. The van der Waals surface area contributed by atoms with Gasteiger partial charge in [-0.05, 0) is 67.6 Å². The first-order valence-electron chi connectivity index (χ1n) is 9.68. The molecule has 1 aliphatic heterocycles. The predicted molar refractivity (Wildman–Crippen MR) is 114 cm³/mol. The first-order chi connectivity index (χ1) is 13.9. The van der Waals surface area contributed by atoms with Gasteiger partial charge in [0.25, 0.3) is 10.0 Å². The van der Waals surface area contributed by atoms with Gasteiger partial charge in [-0.3, -0.25) is 9.52 Å². The standard InChI is InChI=1S/C21H23BrN2O4S/c22-16-5-9-19(10-6-16)29(26,27)24-17-7-3-15(4-8-17)21(11-12-21)20(25)23-14-18-2-1-13-28-18/h3-10,18,24H,1-2,11-14H2,(H,23,25)/t18-/m0/s1. The van der Waals surface area contributed by atoms with Crippen molar-refractivity contribution in [1.82, 2.24) is 5.32 Å². The van der Waals surface area contributed by atoms with E-state index in [1.807, 2.05) is 12.1 Å². The van der Waals surface area contributed by atoms with Crippen LogP contribution in [0.25, 0.3) is 0 Å². The minimum absolute atomic E-state index is 0.0243. The van der Waals surface area contributed by atoms with Crippen LogP contribution in [0.4, 0.5) is 5.69 Å². The number of halogens is 1. The van der Waals surface area contributed by atoms with Gasteiger partial charge < -0.3 is 10.1 Å². The molecule has 1 saturated carbocycles. The summed E-state index contributed by atoms with van der Waals surface area (Å²) in [4.78, 5) is 12.9. The molecule has 2 aromatic rings. The Hall–Kier alpha value is -1.90. The maximum absolute atomic E-state index is 12.7. The molecule has 2 aliphatic rings. The van der Waals surface area contributed by atoms with Crippen molar-refractivity contribution in [3.8, 4) is 0 Å². The molecule has 154 valence electrons. The van der Waals surface area contributed by atoms with E-state index in [2.05, 4.69) is 26.0 Å². The van der Waals surface area contributed by atoms with Gasteiger partial charge in [-0.1, -0.05) is 28.1 Å². The highest BCUT2D eigenvalue weighted by Crippen LogP contribution is 2.48. The maximum atomic E-state index is 12.7. The summed E-state index contributed by atoms with van der Waals surface area (Å²) in [6.07, 6.45) is 3.75. The second-order valence-electron chi connectivity index (χ2n) is 7.56. The normalized spacial score (nSPS) is 20.2. The Morgan fingerprint density at radius 2 is 1.79 bits per heavy atom. The lowest BCUT2D eigenvalue weighted by Gasteiger charge is -2.18. The number of sulfonamides is 1. The molecule has 4 rings (SSSR count). The van der Waals surface area contributed by atoms with E-state index in [-0.39, 0.29) is 16.9 Å². The third kappa shape index (κ3) is 4.49. The highest BCUT2D eigenvalue weighted by atomic mass is 79.9. The largest absolute Gasteiger partial charge is 0.376 e. The third-order valence-corrected chi connectivity index (χ3v) is 7.44. The van der Waals surface area contributed by atoms with Crippen LogP contribution >= 0.6 is 15.9 Å². The molecule has 0 unspecified atom stereocenters. The van der Waals surface area contributed by atoms with Gasteiger partial charge in [-0.25, -0.2) is 8.42 Å². The zero-order valence-corrected chi connectivity index (χ0v) is 18.3. The highest BCUT2D eigenvalue weighted by Gasteiger charge is 2.51. The topological polar surface area (TPSA) is 84.5 Å². The minimum atomic E-state index is -3.66. The van der Waals surface area contributed by atoms with Crippen molar-refractivity contribution in [3.63, 3.8) is 0 Å². The molecule has 1 saturated heterocycles. The van der Waals surface area contributed by atoms with E-state index in [4.69, 9.17) is 4.74 Å². The van der Waals surface area contributed by atoms with Crippen molar-refractivity contribution in [2.45, 2.75) is 42.1 Å². The van der Waals surface area contributed by atoms with Gasteiger partial charge in [-0.15, -0.1) is 0 Å². The molecule has 2 fully saturated rings. The number of hydrogen-bond acceptors (Lipinski definition) is 4. The second kappa shape index (κ2) is 8.08. The van der Waals surface area contributed by atoms with Crippen molar-refractivity contribution in [3.05, 3.63) is 58.6 Å². The molecule has 1 aliphatic carbocycles. The fourth-order valence-corrected chi connectivity index (χ4v) is 4.96. The number of anilines is 1. The average molecular weight is 479 g/mol. The van der Waals surface area contributed by atoms with Crippen molar-refractivity contribution in [2.75, 3.05) is 17.9 Å². The van der Waals surface area contributed by atoms with E-state index < -0.39 is 15.4 Å². The van der Waals surface area contributed by atoms with Gasteiger partial charge in [0.1, 0.15) is 0 Å². The Morgan fingerprint density at radius 1 is 1.10 bits per heavy atom. The van der Waals surface area contributed by atoms with Gasteiger partial charge in [0, 0.05) is 23.3 Å². The summed E-state index contributed by atoms with van der Waals surface area (Å²) in [6, 6.07) is 13.5. The molecule has 29 heavy (non-hydrogen) atoms. The summed E-state index contributed by atoms with van der Waals surface area (Å²) in [5.41, 5.74) is 0.878. The summed E-state index contributed by atoms with van der Waals surface area (Å²) in [6.45, 7) is 1.31. The van der Waals surface area contributed by atoms with Crippen LogP contribution in [0.15, 0.2) is 57.9 Å². The Kier molecular flexibility index (Phi) is 5.68. The lowest BCUT2D eigenvalue weighted by atomic mass is 9.94. The Labute approximate surface area is 179 Å². The fraction of sp³-hybridized carbons (Fsp3) is 0.381. The van der Waals surface area contributed by atoms with E-state index in [1.165, 1.54) is 0 Å². The van der Waals surface area contributed by atoms with Gasteiger partial charge in [0.15, 0.2) is 0 Å². The van der Waals surface area contributed by atoms with E-state index in [0.29, 0.717) is 12.2 Å². The Bertz CT molecular complexity index is 980. The van der Waals surface area contributed by atoms with E-state index in [1.54, 1.807) is 36.4 Å². The molecule has 0 aromatic heterocycles. The van der Waals surface area contributed by atoms with Gasteiger partial charge >= 0.3 is 0 Å². The quantitative estimate of drug-likeness (QED) is 0.636. The number of carbonyl (C=O) groups excluding carboxylic acids is 1. The fourth-order valence-electron chi connectivity index (χ4n) is 3.64. The summed E-state index contributed by atoms with van der Waals surface area (Å²) in [5.74, 6) is 0.0243. The Balaban J connectivity index is 1.42. The van der Waals surface area contributed by atoms with E-state index in [0.717, 1.165) is 42.3 Å².